The molecule has 1 N–H and O–H groups in total. The molecule has 134 valence electrons. The lowest BCUT2D eigenvalue weighted by Crippen LogP contribution is -2.30. The van der Waals surface area contributed by atoms with Crippen LogP contribution in [0.2, 0.25) is 0 Å². The van der Waals surface area contributed by atoms with Gasteiger partial charge in [-0.05, 0) is 36.4 Å². The van der Waals surface area contributed by atoms with Crippen LogP contribution in [0.1, 0.15) is 5.56 Å². The van der Waals surface area contributed by atoms with E-state index >= 15 is 0 Å². The zero-order chi connectivity index (χ0) is 18.2. The number of hydrogen-bond donors (Lipinski definition) is 1. The molecule has 0 aromatic heterocycles. The molecule has 26 heavy (non-hydrogen) atoms. The second-order valence-electron chi connectivity index (χ2n) is 6.57. The summed E-state index contributed by atoms with van der Waals surface area (Å²) in [5.41, 5.74) is 4.88. The van der Waals surface area contributed by atoms with Crippen LogP contribution in [0, 0.1) is 0 Å². The summed E-state index contributed by atoms with van der Waals surface area (Å²) in [5, 5.41) is 11.6. The maximum atomic E-state index is 4.33. The molecule has 1 aliphatic heterocycles. The smallest absolute Gasteiger partial charge is 0.114 e. The third kappa shape index (κ3) is 4.97. The molecule has 1 aliphatic rings. The number of nitrogens with zero attached hydrogens (tertiary/aromatic N) is 3. The first-order valence-electron chi connectivity index (χ1n) is 9.02. The van der Waals surface area contributed by atoms with Crippen LogP contribution >= 0.6 is 0 Å². The Labute approximate surface area is 156 Å². The molecule has 0 saturated heterocycles. The van der Waals surface area contributed by atoms with Crippen molar-refractivity contribution in [2.24, 2.45) is 10.2 Å². The summed E-state index contributed by atoms with van der Waals surface area (Å²) in [7, 11) is 4.10. The van der Waals surface area contributed by atoms with Crippen LogP contribution in [0.4, 0.5) is 0 Å². The highest BCUT2D eigenvalue weighted by Crippen LogP contribution is 2.21. The van der Waals surface area contributed by atoms with Gasteiger partial charge >= 0.3 is 0 Å². The van der Waals surface area contributed by atoms with Crippen molar-refractivity contribution < 1.29 is 0 Å². The molecule has 0 radical (unpaired) electrons. The zero-order valence-electron chi connectivity index (χ0n) is 15.5. The Morgan fingerprint density at radius 1 is 1.04 bits per heavy atom. The van der Waals surface area contributed by atoms with E-state index in [1.54, 1.807) is 0 Å². The van der Waals surface area contributed by atoms with E-state index in [-0.39, 0.29) is 6.04 Å². The number of likely N-dealkylation sites (N-methyl/N-ethyl adjacent to an activating group) is 2. The normalized spacial score (nSPS) is 16.6. The average Bonchev–Trinajstić information content (AvgIpc) is 3.12. The molecule has 0 spiro atoms. The summed E-state index contributed by atoms with van der Waals surface area (Å²) in [6.07, 6.45) is 6.15. The highest BCUT2D eigenvalue weighted by Gasteiger charge is 2.16. The number of hydrogen-bond acceptors (Lipinski definition) is 4. The van der Waals surface area contributed by atoms with Gasteiger partial charge in [-0.15, -0.1) is 0 Å². The first kappa shape index (κ1) is 18.2. The lowest BCUT2D eigenvalue weighted by Gasteiger charge is -2.18. The predicted molar refractivity (Wildman–Crippen MR) is 109 cm³/mol. The van der Waals surface area contributed by atoms with Gasteiger partial charge < -0.3 is 10.2 Å². The Balaban J connectivity index is 1.60. The first-order chi connectivity index (χ1) is 12.8. The van der Waals surface area contributed by atoms with Crippen LogP contribution in [-0.2, 0) is 0 Å². The first-order valence-corrected chi connectivity index (χ1v) is 9.02. The van der Waals surface area contributed by atoms with Gasteiger partial charge in [-0.25, -0.2) is 0 Å². The monoisotopic (exact) mass is 346 g/mol. The molecule has 1 heterocycles. The lowest BCUT2D eigenvalue weighted by atomic mass is 10.0. The van der Waals surface area contributed by atoms with E-state index in [2.05, 4.69) is 88.2 Å². The molecule has 1 unspecified atom stereocenters. The van der Waals surface area contributed by atoms with Crippen molar-refractivity contribution in [3.8, 4) is 11.1 Å². The SMILES string of the molecule is CNCCN(C)CC1=CN=NC1/C=C/c1ccc(-c2ccccc2)cc1. The van der Waals surface area contributed by atoms with Gasteiger partial charge in [0.1, 0.15) is 6.04 Å². The van der Waals surface area contributed by atoms with E-state index in [9.17, 15) is 0 Å². The fourth-order valence-electron chi connectivity index (χ4n) is 2.94. The minimum atomic E-state index is 0.0424. The Morgan fingerprint density at radius 2 is 1.77 bits per heavy atom. The molecule has 2 aromatic rings. The molecular formula is C22H26N4. The Hall–Kier alpha value is -2.56. The third-order valence-corrected chi connectivity index (χ3v) is 4.48. The molecule has 2 aromatic carbocycles. The fourth-order valence-corrected chi connectivity index (χ4v) is 2.94. The Bertz CT molecular complexity index is 776. The van der Waals surface area contributed by atoms with Gasteiger partial charge in [0.15, 0.2) is 0 Å². The van der Waals surface area contributed by atoms with Gasteiger partial charge in [-0.3, -0.25) is 0 Å². The molecule has 1 atom stereocenters. The second kappa shape index (κ2) is 9.22. The van der Waals surface area contributed by atoms with Gasteiger partial charge in [-0.1, -0.05) is 66.7 Å². The van der Waals surface area contributed by atoms with E-state index < -0.39 is 0 Å². The molecule has 0 amide bonds. The van der Waals surface area contributed by atoms with Crippen molar-refractivity contribution in [2.45, 2.75) is 6.04 Å². The topological polar surface area (TPSA) is 40.0 Å². The van der Waals surface area contributed by atoms with Crippen molar-refractivity contribution in [2.75, 3.05) is 33.7 Å². The van der Waals surface area contributed by atoms with E-state index in [0.29, 0.717) is 0 Å². The maximum absolute atomic E-state index is 4.33. The Kier molecular flexibility index (Phi) is 6.47. The molecule has 0 bridgehead atoms. The van der Waals surface area contributed by atoms with Gasteiger partial charge in [0, 0.05) is 19.6 Å². The van der Waals surface area contributed by atoms with Crippen LogP contribution in [0.3, 0.4) is 0 Å². The number of benzene rings is 2. The minimum absolute atomic E-state index is 0.0424. The quantitative estimate of drug-likeness (QED) is 0.777. The molecule has 4 nitrogen and oxygen atoms in total. The highest BCUT2D eigenvalue weighted by atomic mass is 15.2. The standard InChI is InChI=1S/C22H26N4/c1-23-14-15-26(2)17-21-16-24-25-22(21)13-10-18-8-11-20(12-9-18)19-6-4-3-5-7-19/h3-13,16,22-23H,14-15,17H2,1-2H3/b13-10+. The van der Waals surface area contributed by atoms with Gasteiger partial charge in [0.05, 0.1) is 6.20 Å². The van der Waals surface area contributed by atoms with Gasteiger partial charge in [-0.2, -0.15) is 10.2 Å². The minimum Gasteiger partial charge on any atom is -0.318 e. The van der Waals surface area contributed by atoms with Gasteiger partial charge in [0.2, 0.25) is 0 Å². The van der Waals surface area contributed by atoms with Crippen molar-refractivity contribution in [1.82, 2.24) is 10.2 Å². The van der Waals surface area contributed by atoms with E-state index in [0.717, 1.165) is 19.6 Å². The molecule has 3 rings (SSSR count). The van der Waals surface area contributed by atoms with Crippen LogP contribution in [-0.4, -0.2) is 44.7 Å². The summed E-state index contributed by atoms with van der Waals surface area (Å²) < 4.78 is 0. The average molecular weight is 346 g/mol. The number of rotatable bonds is 8. The van der Waals surface area contributed by atoms with E-state index in [1.165, 1.54) is 22.3 Å². The number of azo groups is 1. The molecule has 4 heteroatoms. The molecule has 0 fully saturated rings. The lowest BCUT2D eigenvalue weighted by molar-refractivity contribution is 0.359. The molecule has 0 aliphatic carbocycles. The second-order valence-corrected chi connectivity index (χ2v) is 6.57. The van der Waals surface area contributed by atoms with Crippen LogP contribution in [0.25, 0.3) is 17.2 Å². The predicted octanol–water partition coefficient (Wildman–Crippen LogP) is 4.24. The van der Waals surface area contributed by atoms with Crippen LogP contribution < -0.4 is 5.32 Å². The van der Waals surface area contributed by atoms with E-state index in [1.807, 2.05) is 19.3 Å². The van der Waals surface area contributed by atoms with Crippen LogP contribution in [0.15, 0.2) is 82.7 Å². The Morgan fingerprint density at radius 3 is 2.50 bits per heavy atom. The van der Waals surface area contributed by atoms with Crippen molar-refractivity contribution in [1.29, 1.82) is 0 Å². The summed E-state index contributed by atoms with van der Waals surface area (Å²) in [6, 6.07) is 19.1. The summed E-state index contributed by atoms with van der Waals surface area (Å²) >= 11 is 0. The fraction of sp³-hybridized carbons (Fsp3) is 0.273. The molecular weight excluding hydrogens is 320 g/mol. The van der Waals surface area contributed by atoms with Crippen molar-refractivity contribution in [3.63, 3.8) is 0 Å². The third-order valence-electron chi connectivity index (χ3n) is 4.48. The summed E-state index contributed by atoms with van der Waals surface area (Å²) in [6.45, 7) is 2.87. The van der Waals surface area contributed by atoms with Crippen LogP contribution in [0.5, 0.6) is 0 Å². The highest BCUT2D eigenvalue weighted by molar-refractivity contribution is 5.65. The van der Waals surface area contributed by atoms with Gasteiger partial charge in [0.25, 0.3) is 0 Å². The largest absolute Gasteiger partial charge is 0.318 e. The van der Waals surface area contributed by atoms with Crippen molar-refractivity contribution >= 4 is 6.08 Å². The summed E-state index contributed by atoms with van der Waals surface area (Å²) in [5.74, 6) is 0. The summed E-state index contributed by atoms with van der Waals surface area (Å²) in [4.78, 5) is 2.29. The zero-order valence-corrected chi connectivity index (χ0v) is 15.5. The maximum Gasteiger partial charge on any atom is 0.114 e. The van der Waals surface area contributed by atoms with Crippen molar-refractivity contribution in [3.05, 3.63) is 78.0 Å². The number of nitrogens with one attached hydrogen (secondary N) is 1. The van der Waals surface area contributed by atoms with E-state index in [4.69, 9.17) is 0 Å². The molecule has 0 saturated carbocycles.